The Labute approximate surface area is 125 Å². The van der Waals surface area contributed by atoms with E-state index in [0.29, 0.717) is 0 Å². The minimum absolute atomic E-state index is 0.0174. The number of likely N-dealkylation sites (N-methyl/N-ethyl adjacent to an activating group) is 1. The third-order valence-corrected chi connectivity index (χ3v) is 5.26. The molecule has 1 aliphatic rings. The molecule has 0 saturated heterocycles. The number of amides is 1. The molecule has 0 spiro atoms. The zero-order valence-corrected chi connectivity index (χ0v) is 13.3. The lowest BCUT2D eigenvalue weighted by atomic mass is 10.1. The van der Waals surface area contributed by atoms with E-state index in [1.807, 2.05) is 37.7 Å². The van der Waals surface area contributed by atoms with Crippen LogP contribution in [0.5, 0.6) is 0 Å². The smallest absolute Gasteiger partial charge is 0.244 e. The predicted molar refractivity (Wildman–Crippen MR) is 86.3 cm³/mol. The van der Waals surface area contributed by atoms with Crippen LogP contribution >= 0.6 is 11.8 Å². The highest BCUT2D eigenvalue weighted by molar-refractivity contribution is 8.00. The minimum atomic E-state index is -0.558. The molecule has 1 fully saturated rings. The number of anilines is 1. The fraction of sp³-hybridized carbons (Fsp3) is 0.562. The molecule has 0 heterocycles. The molecule has 2 N–H and O–H groups in total. The van der Waals surface area contributed by atoms with E-state index in [9.17, 15) is 4.79 Å². The van der Waals surface area contributed by atoms with Gasteiger partial charge in [0.25, 0.3) is 0 Å². The quantitative estimate of drug-likeness (QED) is 0.870. The van der Waals surface area contributed by atoms with Gasteiger partial charge in [-0.1, -0.05) is 12.8 Å². The van der Waals surface area contributed by atoms with Crippen molar-refractivity contribution in [2.24, 2.45) is 0 Å². The molecule has 1 aromatic rings. The molecule has 1 saturated carbocycles. The molecule has 4 heteroatoms. The Balaban J connectivity index is 1.92. The highest BCUT2D eigenvalue weighted by Gasteiger charge is 2.25. The van der Waals surface area contributed by atoms with E-state index < -0.39 is 5.54 Å². The summed E-state index contributed by atoms with van der Waals surface area (Å²) >= 11 is 1.96. The first-order chi connectivity index (χ1) is 9.51. The maximum atomic E-state index is 12.1. The zero-order valence-electron chi connectivity index (χ0n) is 12.5. The summed E-state index contributed by atoms with van der Waals surface area (Å²) in [5.74, 6) is -0.0174. The van der Waals surface area contributed by atoms with Gasteiger partial charge in [-0.15, -0.1) is 11.8 Å². The lowest BCUT2D eigenvalue weighted by molar-refractivity contribution is -0.121. The van der Waals surface area contributed by atoms with Gasteiger partial charge in [-0.3, -0.25) is 4.79 Å². The first-order valence-corrected chi connectivity index (χ1v) is 8.16. The Morgan fingerprint density at radius 3 is 2.35 bits per heavy atom. The number of rotatable bonds is 5. The monoisotopic (exact) mass is 292 g/mol. The van der Waals surface area contributed by atoms with Crippen molar-refractivity contribution in [3.8, 4) is 0 Å². The molecule has 0 atom stereocenters. The van der Waals surface area contributed by atoms with Crippen molar-refractivity contribution < 1.29 is 4.79 Å². The van der Waals surface area contributed by atoms with E-state index in [0.717, 1.165) is 10.9 Å². The van der Waals surface area contributed by atoms with Crippen molar-refractivity contribution in [2.75, 3.05) is 12.4 Å². The second-order valence-corrected chi connectivity index (χ2v) is 7.25. The summed E-state index contributed by atoms with van der Waals surface area (Å²) in [7, 11) is 1.79. The van der Waals surface area contributed by atoms with Gasteiger partial charge in [0.2, 0.25) is 5.91 Å². The number of hydrogen-bond donors (Lipinski definition) is 2. The summed E-state index contributed by atoms with van der Waals surface area (Å²) in [6.45, 7) is 3.74. The van der Waals surface area contributed by atoms with Crippen LogP contribution in [0.4, 0.5) is 5.69 Å². The number of hydrogen-bond acceptors (Lipinski definition) is 3. The molecule has 0 aliphatic heterocycles. The third-order valence-electron chi connectivity index (χ3n) is 3.91. The summed E-state index contributed by atoms with van der Waals surface area (Å²) in [5.41, 5.74) is 0.297. The Bertz CT molecular complexity index is 450. The van der Waals surface area contributed by atoms with Crippen LogP contribution in [-0.4, -0.2) is 23.7 Å². The van der Waals surface area contributed by atoms with Crippen LogP contribution in [0.1, 0.15) is 39.5 Å². The average Bonchev–Trinajstić information content (AvgIpc) is 2.94. The zero-order chi connectivity index (χ0) is 14.6. The average molecular weight is 292 g/mol. The summed E-state index contributed by atoms with van der Waals surface area (Å²) in [6, 6.07) is 8.18. The molecule has 0 radical (unpaired) electrons. The second-order valence-electron chi connectivity index (χ2n) is 5.88. The molecule has 1 aliphatic carbocycles. The van der Waals surface area contributed by atoms with Crippen LogP contribution in [0.2, 0.25) is 0 Å². The molecule has 0 bridgehead atoms. The van der Waals surface area contributed by atoms with Gasteiger partial charge >= 0.3 is 0 Å². The van der Waals surface area contributed by atoms with E-state index in [-0.39, 0.29) is 5.91 Å². The summed E-state index contributed by atoms with van der Waals surface area (Å²) in [6.07, 6.45) is 5.40. The van der Waals surface area contributed by atoms with Crippen molar-refractivity contribution in [3.05, 3.63) is 24.3 Å². The van der Waals surface area contributed by atoms with Crippen LogP contribution < -0.4 is 10.6 Å². The third kappa shape index (κ3) is 4.00. The largest absolute Gasteiger partial charge is 0.325 e. The number of carbonyl (C=O) groups is 1. The van der Waals surface area contributed by atoms with Gasteiger partial charge in [-0.25, -0.2) is 0 Å². The van der Waals surface area contributed by atoms with Crippen LogP contribution in [0.15, 0.2) is 29.2 Å². The van der Waals surface area contributed by atoms with E-state index in [1.165, 1.54) is 30.6 Å². The molecule has 0 aromatic heterocycles. The maximum Gasteiger partial charge on any atom is 0.244 e. The first kappa shape index (κ1) is 15.4. The molecule has 1 amide bonds. The summed E-state index contributed by atoms with van der Waals surface area (Å²) in [5, 5.41) is 6.72. The van der Waals surface area contributed by atoms with Crippen LogP contribution in [-0.2, 0) is 4.79 Å². The van der Waals surface area contributed by atoms with Crippen molar-refractivity contribution in [1.29, 1.82) is 0 Å². The fourth-order valence-electron chi connectivity index (χ4n) is 2.22. The van der Waals surface area contributed by atoms with Gasteiger partial charge < -0.3 is 10.6 Å². The lowest BCUT2D eigenvalue weighted by Crippen LogP contribution is -2.47. The van der Waals surface area contributed by atoms with E-state index >= 15 is 0 Å². The molecule has 110 valence electrons. The minimum Gasteiger partial charge on any atom is -0.325 e. The Hall–Kier alpha value is -1.00. The molecule has 3 nitrogen and oxygen atoms in total. The van der Waals surface area contributed by atoms with Gasteiger partial charge in [0.15, 0.2) is 0 Å². The number of carbonyl (C=O) groups excluding carboxylic acids is 1. The van der Waals surface area contributed by atoms with Crippen molar-refractivity contribution in [3.63, 3.8) is 0 Å². The lowest BCUT2D eigenvalue weighted by Gasteiger charge is -2.22. The maximum absolute atomic E-state index is 12.1. The van der Waals surface area contributed by atoms with Crippen molar-refractivity contribution in [2.45, 2.75) is 55.2 Å². The molecular formula is C16H24N2OS. The van der Waals surface area contributed by atoms with Gasteiger partial charge in [0.05, 0.1) is 5.54 Å². The van der Waals surface area contributed by atoms with Crippen molar-refractivity contribution in [1.82, 2.24) is 5.32 Å². The van der Waals surface area contributed by atoms with E-state index in [4.69, 9.17) is 0 Å². The van der Waals surface area contributed by atoms with Gasteiger partial charge in [0, 0.05) is 15.8 Å². The molecule has 2 rings (SSSR count). The Morgan fingerprint density at radius 2 is 1.80 bits per heavy atom. The highest BCUT2D eigenvalue weighted by Crippen LogP contribution is 2.34. The van der Waals surface area contributed by atoms with E-state index in [1.54, 1.807) is 7.05 Å². The molecular weight excluding hydrogens is 268 g/mol. The van der Waals surface area contributed by atoms with Crippen molar-refractivity contribution >= 4 is 23.4 Å². The second kappa shape index (κ2) is 6.64. The topological polar surface area (TPSA) is 41.1 Å². The van der Waals surface area contributed by atoms with Gasteiger partial charge in [-0.05, 0) is 58.0 Å². The highest BCUT2D eigenvalue weighted by atomic mass is 32.2. The summed E-state index contributed by atoms with van der Waals surface area (Å²) < 4.78 is 0. The Morgan fingerprint density at radius 1 is 1.20 bits per heavy atom. The fourth-order valence-corrected chi connectivity index (χ4v) is 3.46. The standard InChI is InChI=1S/C16H24N2OS/c1-16(2,17-3)15(19)18-12-8-10-14(11-9-12)20-13-6-4-5-7-13/h8-11,13,17H,4-7H2,1-3H3,(H,18,19). The Kier molecular flexibility index (Phi) is 5.11. The number of thioether (sulfide) groups is 1. The predicted octanol–water partition coefficient (Wildman–Crippen LogP) is 3.66. The molecule has 0 unspecified atom stereocenters. The summed E-state index contributed by atoms with van der Waals surface area (Å²) in [4.78, 5) is 13.3. The van der Waals surface area contributed by atoms with Gasteiger partial charge in [0.1, 0.15) is 0 Å². The SMILES string of the molecule is CNC(C)(C)C(=O)Nc1ccc(SC2CCCC2)cc1. The number of nitrogens with one attached hydrogen (secondary N) is 2. The first-order valence-electron chi connectivity index (χ1n) is 7.28. The van der Waals surface area contributed by atoms with Crippen LogP contribution in [0, 0.1) is 0 Å². The van der Waals surface area contributed by atoms with E-state index in [2.05, 4.69) is 22.8 Å². The number of benzene rings is 1. The van der Waals surface area contributed by atoms with Gasteiger partial charge in [-0.2, -0.15) is 0 Å². The van der Waals surface area contributed by atoms with Crippen LogP contribution in [0.3, 0.4) is 0 Å². The molecule has 20 heavy (non-hydrogen) atoms. The van der Waals surface area contributed by atoms with Crippen LogP contribution in [0.25, 0.3) is 0 Å². The normalized spacial score (nSPS) is 16.4. The molecule has 1 aromatic carbocycles.